The van der Waals surface area contributed by atoms with E-state index < -0.39 is 11.0 Å². The minimum atomic E-state index is -0.448. The van der Waals surface area contributed by atoms with Crippen LogP contribution in [-0.4, -0.2) is 5.78 Å². The van der Waals surface area contributed by atoms with Crippen LogP contribution in [0.4, 0.5) is 0 Å². The van der Waals surface area contributed by atoms with E-state index in [0.717, 1.165) is 5.56 Å². The molecule has 0 radical (unpaired) electrons. The van der Waals surface area contributed by atoms with Crippen molar-refractivity contribution in [3.63, 3.8) is 0 Å². The maximum atomic E-state index is 12.5. The minimum Gasteiger partial charge on any atom is -0.426 e. The average molecular weight is 310 g/mol. The fourth-order valence-corrected chi connectivity index (χ4v) is 2.69. The van der Waals surface area contributed by atoms with E-state index in [1.165, 1.54) is 6.92 Å². The SMILES string of the molecule is C=CCc1c(-c2ccccc2)c(C(C)=O)c(C(C)(C)C)oc1=O. The minimum absolute atomic E-state index is 0.108. The lowest BCUT2D eigenvalue weighted by Crippen LogP contribution is -2.23. The number of rotatable bonds is 4. The molecule has 0 fully saturated rings. The van der Waals surface area contributed by atoms with Gasteiger partial charge in [0.1, 0.15) is 5.76 Å². The summed E-state index contributed by atoms with van der Waals surface area (Å²) in [4.78, 5) is 24.9. The van der Waals surface area contributed by atoms with Crippen LogP contribution in [-0.2, 0) is 11.8 Å². The lowest BCUT2D eigenvalue weighted by Gasteiger charge is -2.23. The molecule has 2 aromatic rings. The Balaban J connectivity index is 2.99. The first-order valence-corrected chi connectivity index (χ1v) is 7.65. The normalized spacial score (nSPS) is 11.3. The van der Waals surface area contributed by atoms with Gasteiger partial charge >= 0.3 is 5.63 Å². The summed E-state index contributed by atoms with van der Waals surface area (Å²) in [5.41, 5.74) is 1.62. The number of carbonyl (C=O) groups is 1. The second kappa shape index (κ2) is 6.37. The fourth-order valence-electron chi connectivity index (χ4n) is 2.69. The van der Waals surface area contributed by atoms with Gasteiger partial charge in [0.25, 0.3) is 0 Å². The number of benzene rings is 1. The Kier molecular flexibility index (Phi) is 4.69. The van der Waals surface area contributed by atoms with E-state index in [1.54, 1.807) is 6.08 Å². The van der Waals surface area contributed by atoms with Crippen LogP contribution in [0.25, 0.3) is 11.1 Å². The Morgan fingerprint density at radius 3 is 2.30 bits per heavy atom. The number of allylic oxidation sites excluding steroid dienone is 1. The molecule has 0 amide bonds. The average Bonchev–Trinajstić information content (AvgIpc) is 2.48. The first-order valence-electron chi connectivity index (χ1n) is 7.65. The molecule has 0 saturated carbocycles. The molecule has 1 aromatic heterocycles. The van der Waals surface area contributed by atoms with Crippen LogP contribution >= 0.6 is 0 Å². The zero-order chi connectivity index (χ0) is 17.2. The van der Waals surface area contributed by atoms with Crippen molar-refractivity contribution in [2.75, 3.05) is 0 Å². The molecule has 0 aliphatic carbocycles. The predicted octanol–water partition coefficient (Wildman–Crippen LogP) is 4.54. The van der Waals surface area contributed by atoms with E-state index in [0.29, 0.717) is 28.9 Å². The number of carbonyl (C=O) groups excluding carboxylic acids is 1. The quantitative estimate of drug-likeness (QED) is 0.615. The molecule has 0 spiro atoms. The van der Waals surface area contributed by atoms with Crippen LogP contribution in [0.2, 0.25) is 0 Å². The Bertz CT molecular complexity index is 790. The van der Waals surface area contributed by atoms with Crippen molar-refractivity contribution >= 4 is 5.78 Å². The second-order valence-corrected chi connectivity index (χ2v) is 6.61. The second-order valence-electron chi connectivity index (χ2n) is 6.61. The molecule has 120 valence electrons. The van der Waals surface area contributed by atoms with Crippen LogP contribution in [0, 0.1) is 0 Å². The first kappa shape index (κ1) is 16.9. The Hall–Kier alpha value is -2.42. The maximum Gasteiger partial charge on any atom is 0.340 e. The third kappa shape index (κ3) is 3.34. The molecule has 1 heterocycles. The summed E-state index contributed by atoms with van der Waals surface area (Å²) in [6.07, 6.45) is 2.01. The largest absolute Gasteiger partial charge is 0.426 e. The summed E-state index contributed by atoms with van der Waals surface area (Å²) >= 11 is 0. The molecule has 1 aromatic carbocycles. The molecule has 0 saturated heterocycles. The predicted molar refractivity (Wildman–Crippen MR) is 93.0 cm³/mol. The van der Waals surface area contributed by atoms with E-state index >= 15 is 0 Å². The van der Waals surface area contributed by atoms with E-state index in [1.807, 2.05) is 51.1 Å². The highest BCUT2D eigenvalue weighted by molar-refractivity contribution is 6.02. The van der Waals surface area contributed by atoms with Crippen molar-refractivity contribution in [1.82, 2.24) is 0 Å². The number of hydrogen-bond donors (Lipinski definition) is 0. The molecule has 0 atom stereocenters. The molecule has 3 heteroatoms. The summed E-state index contributed by atoms with van der Waals surface area (Å²) in [7, 11) is 0. The summed E-state index contributed by atoms with van der Waals surface area (Å²) in [6.45, 7) is 11.0. The standard InChI is InChI=1S/C20H22O3/c1-6-10-15-17(14-11-8-7-9-12-14)16(13(2)21)18(20(3,4)5)23-19(15)22/h6-9,11-12H,1,10H2,2-5H3. The van der Waals surface area contributed by atoms with E-state index in [2.05, 4.69) is 6.58 Å². The zero-order valence-corrected chi connectivity index (χ0v) is 14.1. The van der Waals surface area contributed by atoms with Crippen molar-refractivity contribution < 1.29 is 9.21 Å². The number of ketones is 1. The van der Waals surface area contributed by atoms with Gasteiger partial charge in [0.05, 0.1) is 11.1 Å². The topological polar surface area (TPSA) is 47.3 Å². The molecule has 0 aliphatic heterocycles. The van der Waals surface area contributed by atoms with Crippen molar-refractivity contribution in [3.05, 3.63) is 70.3 Å². The third-order valence-corrected chi connectivity index (χ3v) is 3.66. The van der Waals surface area contributed by atoms with Crippen LogP contribution in [0.5, 0.6) is 0 Å². The van der Waals surface area contributed by atoms with Gasteiger partial charge in [0, 0.05) is 11.0 Å². The van der Waals surface area contributed by atoms with Crippen LogP contribution in [0.15, 0.2) is 52.2 Å². The lowest BCUT2D eigenvalue weighted by molar-refractivity contribution is 0.101. The molecule has 0 aliphatic rings. The highest BCUT2D eigenvalue weighted by Crippen LogP contribution is 2.34. The van der Waals surface area contributed by atoms with Gasteiger partial charge in [-0.05, 0) is 18.9 Å². The van der Waals surface area contributed by atoms with Crippen LogP contribution in [0.1, 0.15) is 49.4 Å². The summed E-state index contributed by atoms with van der Waals surface area (Å²) in [6, 6.07) is 9.49. The highest BCUT2D eigenvalue weighted by atomic mass is 16.4. The van der Waals surface area contributed by atoms with Gasteiger partial charge in [-0.3, -0.25) is 4.79 Å². The molecule has 0 N–H and O–H groups in total. The summed E-state index contributed by atoms with van der Waals surface area (Å²) < 4.78 is 5.56. The number of Topliss-reactive ketones (excluding diaryl/α,β-unsaturated/α-hetero) is 1. The maximum absolute atomic E-state index is 12.5. The summed E-state index contributed by atoms with van der Waals surface area (Å²) in [5, 5.41) is 0. The zero-order valence-electron chi connectivity index (χ0n) is 14.1. The molecule has 0 bridgehead atoms. The van der Waals surface area contributed by atoms with Gasteiger partial charge in [-0.1, -0.05) is 57.2 Å². The molecule has 2 rings (SSSR count). The van der Waals surface area contributed by atoms with E-state index in [4.69, 9.17) is 4.42 Å². The van der Waals surface area contributed by atoms with Gasteiger partial charge in [-0.15, -0.1) is 6.58 Å². The van der Waals surface area contributed by atoms with Gasteiger partial charge in [0.15, 0.2) is 5.78 Å². The third-order valence-electron chi connectivity index (χ3n) is 3.66. The molecule has 23 heavy (non-hydrogen) atoms. The number of hydrogen-bond acceptors (Lipinski definition) is 3. The van der Waals surface area contributed by atoms with Gasteiger partial charge < -0.3 is 4.42 Å². The van der Waals surface area contributed by atoms with Gasteiger partial charge in [-0.2, -0.15) is 0 Å². The van der Waals surface area contributed by atoms with Crippen molar-refractivity contribution in [3.8, 4) is 11.1 Å². The Morgan fingerprint density at radius 1 is 1.22 bits per heavy atom. The smallest absolute Gasteiger partial charge is 0.340 e. The Labute approximate surface area is 136 Å². The van der Waals surface area contributed by atoms with Crippen molar-refractivity contribution in [1.29, 1.82) is 0 Å². The first-order chi connectivity index (χ1) is 10.8. The fraction of sp³-hybridized carbons (Fsp3) is 0.300. The van der Waals surface area contributed by atoms with Crippen LogP contribution in [0.3, 0.4) is 0 Å². The molecule has 3 nitrogen and oxygen atoms in total. The van der Waals surface area contributed by atoms with E-state index in [-0.39, 0.29) is 5.78 Å². The van der Waals surface area contributed by atoms with Crippen LogP contribution < -0.4 is 5.63 Å². The van der Waals surface area contributed by atoms with Gasteiger partial charge in [-0.25, -0.2) is 4.79 Å². The molecular weight excluding hydrogens is 288 g/mol. The lowest BCUT2D eigenvalue weighted by atomic mass is 9.83. The monoisotopic (exact) mass is 310 g/mol. The van der Waals surface area contributed by atoms with Crippen molar-refractivity contribution in [2.24, 2.45) is 0 Å². The molecule has 0 unspecified atom stereocenters. The van der Waals surface area contributed by atoms with Gasteiger partial charge in [0.2, 0.25) is 0 Å². The van der Waals surface area contributed by atoms with E-state index in [9.17, 15) is 9.59 Å². The summed E-state index contributed by atoms with van der Waals surface area (Å²) in [5.74, 6) is 0.324. The molecular formula is C20H22O3. The van der Waals surface area contributed by atoms with Crippen molar-refractivity contribution in [2.45, 2.75) is 39.5 Å². The Morgan fingerprint density at radius 2 is 1.83 bits per heavy atom. The highest BCUT2D eigenvalue weighted by Gasteiger charge is 2.29.